The zero-order chi connectivity index (χ0) is 43.4. The molecule has 0 aromatic heterocycles. The van der Waals surface area contributed by atoms with Gasteiger partial charge in [0.2, 0.25) is 5.91 Å². The Morgan fingerprint density at radius 3 is 1.25 bits per heavy atom. The summed E-state index contributed by atoms with van der Waals surface area (Å²) in [5, 5.41) is 75.7. The van der Waals surface area contributed by atoms with Gasteiger partial charge in [-0.25, -0.2) is 0 Å². The van der Waals surface area contributed by atoms with Gasteiger partial charge < -0.3 is 50.5 Å². The van der Waals surface area contributed by atoms with E-state index in [4.69, 9.17) is 9.47 Å². The van der Waals surface area contributed by atoms with Gasteiger partial charge in [-0.15, -0.1) is 0 Å². The number of nitrogens with one attached hydrogen (secondary N) is 1. The first-order chi connectivity index (χ1) is 28.7. The fourth-order valence-corrected chi connectivity index (χ4v) is 8.27. The summed E-state index contributed by atoms with van der Waals surface area (Å²) in [6, 6.07) is -1.16. The van der Waals surface area contributed by atoms with E-state index in [1.54, 1.807) is 0 Å². The van der Waals surface area contributed by atoms with E-state index >= 15 is 0 Å². The van der Waals surface area contributed by atoms with Crippen molar-refractivity contribution >= 4 is 5.91 Å². The van der Waals surface area contributed by atoms with Crippen molar-refractivity contribution in [1.82, 2.24) is 5.32 Å². The molecule has 0 aliphatic carbocycles. The topological polar surface area (TPSA) is 189 Å². The summed E-state index contributed by atoms with van der Waals surface area (Å²) in [4.78, 5) is 13.1. The number of hydrogen-bond donors (Lipinski definition) is 8. The molecule has 8 N–H and O–H groups in total. The highest BCUT2D eigenvalue weighted by molar-refractivity contribution is 5.80. The largest absolute Gasteiger partial charge is 0.394 e. The fourth-order valence-electron chi connectivity index (χ4n) is 8.27. The molecule has 9 atom stereocenters. The molecule has 1 aliphatic rings. The molecule has 1 amide bonds. The van der Waals surface area contributed by atoms with Crippen molar-refractivity contribution in [3.8, 4) is 0 Å². The summed E-state index contributed by atoms with van der Waals surface area (Å²) in [6.07, 6.45) is 28.7. The van der Waals surface area contributed by atoms with Crippen LogP contribution in [0.1, 0.15) is 232 Å². The molecule has 0 spiro atoms. The monoisotopic (exact) mass is 846 g/mol. The van der Waals surface area contributed by atoms with E-state index in [0.29, 0.717) is 19.3 Å². The molecule has 0 aromatic carbocycles. The van der Waals surface area contributed by atoms with Crippen LogP contribution in [-0.4, -0.2) is 110 Å². The average molecular weight is 846 g/mol. The average Bonchev–Trinajstić information content (AvgIpc) is 3.23. The molecule has 1 rings (SSSR count). The first kappa shape index (κ1) is 56.1. The predicted octanol–water partition coefficient (Wildman–Crippen LogP) is 8.67. The maximum absolute atomic E-state index is 13.1. The molecule has 1 fully saturated rings. The maximum Gasteiger partial charge on any atom is 0.249 e. The zero-order valence-corrected chi connectivity index (χ0v) is 38.0. The Balaban J connectivity index is 2.37. The lowest BCUT2D eigenvalue weighted by molar-refractivity contribution is -0.303. The molecule has 11 nitrogen and oxygen atoms in total. The van der Waals surface area contributed by atoms with Crippen molar-refractivity contribution in [1.29, 1.82) is 0 Å². The second-order valence-corrected chi connectivity index (χ2v) is 17.9. The van der Waals surface area contributed by atoms with Crippen LogP contribution in [-0.2, 0) is 14.3 Å². The number of aliphatic hydroxyl groups is 7. The molecule has 0 bridgehead atoms. The van der Waals surface area contributed by atoms with Gasteiger partial charge in [0.25, 0.3) is 0 Å². The third-order valence-corrected chi connectivity index (χ3v) is 12.4. The number of aliphatic hydroxyl groups excluding tert-OH is 7. The first-order valence-electron chi connectivity index (χ1n) is 24.9. The van der Waals surface area contributed by atoms with Crippen LogP contribution in [0.4, 0.5) is 0 Å². The van der Waals surface area contributed by atoms with Gasteiger partial charge in [0, 0.05) is 0 Å². The van der Waals surface area contributed by atoms with Gasteiger partial charge in [-0.2, -0.15) is 0 Å². The van der Waals surface area contributed by atoms with Gasteiger partial charge in [-0.3, -0.25) is 4.79 Å². The molecular formula is C48H95NO10. The Kier molecular flexibility index (Phi) is 36.9. The summed E-state index contributed by atoms with van der Waals surface area (Å²) < 4.78 is 11.1. The number of carbonyl (C=O) groups is 1. The molecule has 0 saturated carbocycles. The number of unbranched alkanes of at least 4 members (excludes halogenated alkanes) is 30. The Morgan fingerprint density at radius 2 is 0.881 bits per heavy atom. The third-order valence-electron chi connectivity index (χ3n) is 12.4. The number of rotatable bonds is 42. The molecule has 1 saturated heterocycles. The van der Waals surface area contributed by atoms with Crippen molar-refractivity contribution in [2.24, 2.45) is 0 Å². The minimum absolute atomic E-state index is 0.266. The first-order valence-corrected chi connectivity index (χ1v) is 24.9. The minimum Gasteiger partial charge on any atom is -0.394 e. The van der Waals surface area contributed by atoms with Crippen LogP contribution in [0.3, 0.4) is 0 Å². The summed E-state index contributed by atoms with van der Waals surface area (Å²) in [6.45, 7) is 3.45. The highest BCUT2D eigenvalue weighted by Crippen LogP contribution is 2.23. The molecule has 59 heavy (non-hydrogen) atoms. The standard InChI is InChI=1S/C48H95NO10/c1-3-5-7-9-11-13-15-17-18-19-20-21-22-23-24-26-28-30-32-34-36-41(52)47(57)49-39(38-58-48-46(56)45(55)44(54)42(37-50)59-48)43(53)40(51)35-33-31-29-27-25-16-14-12-10-8-6-4-2/h39-46,48,50-56H,3-38H2,1-2H3,(H,49,57)/t39-,40+,41+,42+,43-,44-,45-,46+,48-/m0/s1. The quantitative estimate of drug-likeness (QED) is 0.0276. The van der Waals surface area contributed by atoms with Crippen molar-refractivity contribution in [2.75, 3.05) is 13.2 Å². The summed E-state index contributed by atoms with van der Waals surface area (Å²) in [7, 11) is 0. The second kappa shape index (κ2) is 38.8. The Bertz CT molecular complexity index is 928. The van der Waals surface area contributed by atoms with Crippen LogP contribution >= 0.6 is 0 Å². The van der Waals surface area contributed by atoms with E-state index in [9.17, 15) is 40.5 Å². The molecule has 0 radical (unpaired) electrons. The van der Waals surface area contributed by atoms with Gasteiger partial charge in [0.15, 0.2) is 6.29 Å². The Morgan fingerprint density at radius 1 is 0.525 bits per heavy atom. The van der Waals surface area contributed by atoms with Gasteiger partial charge >= 0.3 is 0 Å². The lowest BCUT2D eigenvalue weighted by Gasteiger charge is -2.40. The van der Waals surface area contributed by atoms with Crippen molar-refractivity contribution < 1.29 is 50.0 Å². The third kappa shape index (κ3) is 28.4. The molecule has 0 aromatic rings. The Labute approximate surface area is 360 Å². The van der Waals surface area contributed by atoms with Crippen LogP contribution in [0.25, 0.3) is 0 Å². The SMILES string of the molecule is CCCCCCCCCCCCCCCCCCCCCC[C@@H](O)C(=O)N[C@@H](CO[C@H]1O[C@H](CO)[C@H](O)[C@H](O)[C@H]1O)[C@H](O)[C@H](O)CCCCCCCCCCCCCC. The van der Waals surface area contributed by atoms with Crippen molar-refractivity contribution in [2.45, 2.75) is 287 Å². The van der Waals surface area contributed by atoms with Gasteiger partial charge in [0.1, 0.15) is 36.6 Å². The number of ether oxygens (including phenoxy) is 2. The van der Waals surface area contributed by atoms with E-state index in [-0.39, 0.29) is 6.42 Å². The van der Waals surface area contributed by atoms with Gasteiger partial charge in [-0.05, 0) is 12.8 Å². The van der Waals surface area contributed by atoms with E-state index < -0.39 is 74.2 Å². The lowest BCUT2D eigenvalue weighted by Crippen LogP contribution is -2.60. The number of amides is 1. The van der Waals surface area contributed by atoms with Crippen molar-refractivity contribution in [3.05, 3.63) is 0 Å². The Hall–Kier alpha value is -0.890. The predicted molar refractivity (Wildman–Crippen MR) is 238 cm³/mol. The summed E-state index contributed by atoms with van der Waals surface area (Å²) >= 11 is 0. The van der Waals surface area contributed by atoms with Crippen LogP contribution in [0, 0.1) is 0 Å². The zero-order valence-electron chi connectivity index (χ0n) is 38.0. The maximum atomic E-state index is 13.1. The lowest BCUT2D eigenvalue weighted by atomic mass is 9.98. The van der Waals surface area contributed by atoms with E-state index in [1.165, 1.54) is 154 Å². The van der Waals surface area contributed by atoms with Crippen LogP contribution < -0.4 is 5.32 Å². The van der Waals surface area contributed by atoms with Crippen LogP contribution in [0.5, 0.6) is 0 Å². The van der Waals surface area contributed by atoms with Crippen LogP contribution in [0.15, 0.2) is 0 Å². The number of carbonyl (C=O) groups excluding carboxylic acids is 1. The van der Waals surface area contributed by atoms with Gasteiger partial charge in [0.05, 0.1) is 25.4 Å². The minimum atomic E-state index is -1.66. The van der Waals surface area contributed by atoms with Crippen molar-refractivity contribution in [3.63, 3.8) is 0 Å². The molecule has 0 unspecified atom stereocenters. The highest BCUT2D eigenvalue weighted by atomic mass is 16.7. The summed E-state index contributed by atoms with van der Waals surface area (Å²) in [5.74, 6) is -0.693. The van der Waals surface area contributed by atoms with Crippen LogP contribution in [0.2, 0.25) is 0 Å². The highest BCUT2D eigenvalue weighted by Gasteiger charge is 2.44. The molecule has 1 aliphatic heterocycles. The van der Waals surface area contributed by atoms with Gasteiger partial charge in [-0.1, -0.05) is 219 Å². The van der Waals surface area contributed by atoms with E-state index in [1.807, 2.05) is 0 Å². The molecule has 11 heteroatoms. The smallest absolute Gasteiger partial charge is 0.249 e. The molecular weight excluding hydrogens is 751 g/mol. The normalized spacial score (nSPS) is 21.7. The number of hydrogen-bond acceptors (Lipinski definition) is 10. The molecule has 1 heterocycles. The summed E-state index contributed by atoms with van der Waals surface area (Å²) in [5.41, 5.74) is 0. The van der Waals surface area contributed by atoms with E-state index in [0.717, 1.165) is 38.5 Å². The molecule has 352 valence electrons. The second-order valence-electron chi connectivity index (χ2n) is 17.9. The fraction of sp³-hybridized carbons (Fsp3) is 0.979. The van der Waals surface area contributed by atoms with E-state index in [2.05, 4.69) is 19.2 Å².